The van der Waals surface area contributed by atoms with Crippen molar-refractivity contribution in [1.29, 1.82) is 0 Å². The average Bonchev–Trinajstić information content (AvgIpc) is 2.37. The van der Waals surface area contributed by atoms with Gasteiger partial charge in [0.05, 0.1) is 5.54 Å². The normalized spacial score (nSPS) is 13.4. The maximum absolute atomic E-state index is 12.1. The van der Waals surface area contributed by atoms with Crippen molar-refractivity contribution in [3.63, 3.8) is 0 Å². The number of anilines is 1. The summed E-state index contributed by atoms with van der Waals surface area (Å²) in [4.78, 5) is 25.5. The number of rotatable bonds is 5. The predicted octanol–water partition coefficient (Wildman–Crippen LogP) is 1.84. The van der Waals surface area contributed by atoms with Gasteiger partial charge in [-0.15, -0.1) is 0 Å². The number of hydrogen-bond acceptors (Lipinski definition) is 3. The quantitative estimate of drug-likeness (QED) is 0.862. The van der Waals surface area contributed by atoms with Crippen LogP contribution in [0.15, 0.2) is 24.3 Å². The average molecular weight is 277 g/mol. The zero-order chi connectivity index (χ0) is 15.3. The fourth-order valence-corrected chi connectivity index (χ4v) is 1.89. The third kappa shape index (κ3) is 4.06. The second kappa shape index (κ2) is 6.52. The monoisotopic (exact) mass is 277 g/mol. The van der Waals surface area contributed by atoms with Gasteiger partial charge in [0, 0.05) is 25.3 Å². The van der Waals surface area contributed by atoms with Crippen LogP contribution in [0.3, 0.4) is 0 Å². The van der Waals surface area contributed by atoms with Gasteiger partial charge < -0.3 is 16.0 Å². The number of nitrogens with one attached hydrogen (secondary N) is 1. The van der Waals surface area contributed by atoms with Crippen LogP contribution in [0.25, 0.3) is 0 Å². The lowest BCUT2D eigenvalue weighted by molar-refractivity contribution is -0.120. The molecule has 0 fully saturated rings. The molecule has 0 heterocycles. The Morgan fingerprint density at radius 2 is 2.00 bits per heavy atom. The summed E-state index contributed by atoms with van der Waals surface area (Å²) in [6.45, 7) is 3.69. The van der Waals surface area contributed by atoms with E-state index in [1.54, 1.807) is 45.3 Å². The second-order valence-electron chi connectivity index (χ2n) is 5.40. The summed E-state index contributed by atoms with van der Waals surface area (Å²) in [5.41, 5.74) is 6.18. The third-order valence-corrected chi connectivity index (χ3v) is 3.06. The maximum Gasteiger partial charge on any atom is 0.253 e. The van der Waals surface area contributed by atoms with Crippen LogP contribution in [0.4, 0.5) is 5.69 Å². The first kappa shape index (κ1) is 16.2. The van der Waals surface area contributed by atoms with Gasteiger partial charge in [0.15, 0.2) is 0 Å². The molecule has 1 unspecified atom stereocenters. The molecule has 5 nitrogen and oxygen atoms in total. The Morgan fingerprint density at radius 3 is 2.55 bits per heavy atom. The van der Waals surface area contributed by atoms with Gasteiger partial charge in [-0.05, 0) is 31.5 Å². The largest absolute Gasteiger partial charge is 0.345 e. The molecular formula is C15H23N3O2. The number of amides is 2. The summed E-state index contributed by atoms with van der Waals surface area (Å²) >= 11 is 0. The predicted molar refractivity (Wildman–Crippen MR) is 80.6 cm³/mol. The first-order valence-corrected chi connectivity index (χ1v) is 6.70. The minimum absolute atomic E-state index is 0.106. The number of benzene rings is 1. The van der Waals surface area contributed by atoms with E-state index in [-0.39, 0.29) is 11.8 Å². The van der Waals surface area contributed by atoms with Gasteiger partial charge in [-0.2, -0.15) is 0 Å². The van der Waals surface area contributed by atoms with E-state index < -0.39 is 5.54 Å². The van der Waals surface area contributed by atoms with Crippen molar-refractivity contribution in [2.45, 2.75) is 32.2 Å². The van der Waals surface area contributed by atoms with E-state index in [1.807, 2.05) is 6.92 Å². The lowest BCUT2D eigenvalue weighted by atomic mass is 9.96. The van der Waals surface area contributed by atoms with Crippen LogP contribution >= 0.6 is 0 Å². The second-order valence-corrected chi connectivity index (χ2v) is 5.40. The molecule has 5 heteroatoms. The van der Waals surface area contributed by atoms with E-state index >= 15 is 0 Å². The van der Waals surface area contributed by atoms with Gasteiger partial charge in [0.1, 0.15) is 0 Å². The fraction of sp³-hybridized carbons (Fsp3) is 0.467. The molecule has 0 saturated heterocycles. The Balaban J connectivity index is 2.86. The molecular weight excluding hydrogens is 254 g/mol. The number of carbonyl (C=O) groups is 2. The molecule has 0 aliphatic carbocycles. The summed E-state index contributed by atoms with van der Waals surface area (Å²) < 4.78 is 0. The van der Waals surface area contributed by atoms with Crippen molar-refractivity contribution >= 4 is 17.5 Å². The van der Waals surface area contributed by atoms with Crippen molar-refractivity contribution in [1.82, 2.24) is 4.90 Å². The van der Waals surface area contributed by atoms with Crippen molar-refractivity contribution in [3.05, 3.63) is 29.8 Å². The summed E-state index contributed by atoms with van der Waals surface area (Å²) in [5.74, 6) is -0.348. The molecule has 0 aliphatic rings. The number of nitrogens with zero attached hydrogens (tertiary/aromatic N) is 1. The van der Waals surface area contributed by atoms with E-state index in [4.69, 9.17) is 5.73 Å². The smallest absolute Gasteiger partial charge is 0.253 e. The highest BCUT2D eigenvalue weighted by Crippen LogP contribution is 2.16. The molecule has 2 amide bonds. The van der Waals surface area contributed by atoms with E-state index in [0.29, 0.717) is 17.7 Å². The summed E-state index contributed by atoms with van der Waals surface area (Å²) in [7, 11) is 3.37. The molecule has 0 bridgehead atoms. The molecule has 1 aromatic rings. The van der Waals surface area contributed by atoms with E-state index in [1.165, 1.54) is 4.90 Å². The third-order valence-electron chi connectivity index (χ3n) is 3.06. The number of carbonyl (C=O) groups excluding carboxylic acids is 2. The molecule has 3 N–H and O–H groups in total. The van der Waals surface area contributed by atoms with Crippen LogP contribution in [0.1, 0.15) is 37.0 Å². The van der Waals surface area contributed by atoms with E-state index in [2.05, 4.69) is 5.32 Å². The molecule has 1 atom stereocenters. The van der Waals surface area contributed by atoms with Crippen molar-refractivity contribution in [2.75, 3.05) is 19.4 Å². The van der Waals surface area contributed by atoms with Crippen LogP contribution in [-0.4, -0.2) is 36.3 Å². The SMILES string of the molecule is CCCC(C)(N)C(=O)Nc1cccc(C(=O)N(C)C)c1. The molecule has 1 aromatic carbocycles. The summed E-state index contributed by atoms with van der Waals surface area (Å²) in [5, 5.41) is 2.77. The fourth-order valence-electron chi connectivity index (χ4n) is 1.89. The summed E-state index contributed by atoms with van der Waals surface area (Å²) in [6.07, 6.45) is 1.44. The lowest BCUT2D eigenvalue weighted by Gasteiger charge is -2.23. The van der Waals surface area contributed by atoms with Crippen LogP contribution in [0, 0.1) is 0 Å². The van der Waals surface area contributed by atoms with Crippen molar-refractivity contribution < 1.29 is 9.59 Å². The molecule has 1 rings (SSSR count). The van der Waals surface area contributed by atoms with Crippen molar-refractivity contribution in [3.8, 4) is 0 Å². The van der Waals surface area contributed by atoms with Crippen molar-refractivity contribution in [2.24, 2.45) is 5.73 Å². The van der Waals surface area contributed by atoms with Crippen LogP contribution in [0.5, 0.6) is 0 Å². The topological polar surface area (TPSA) is 75.4 Å². The molecule has 0 spiro atoms. The Morgan fingerprint density at radius 1 is 1.35 bits per heavy atom. The molecule has 0 radical (unpaired) electrons. The molecule has 0 aliphatic heterocycles. The minimum Gasteiger partial charge on any atom is -0.345 e. The molecule has 110 valence electrons. The van der Waals surface area contributed by atoms with E-state index in [9.17, 15) is 9.59 Å². The Labute approximate surface area is 120 Å². The first-order valence-electron chi connectivity index (χ1n) is 6.70. The highest BCUT2D eigenvalue weighted by atomic mass is 16.2. The van der Waals surface area contributed by atoms with Gasteiger partial charge in [0.2, 0.25) is 5.91 Å². The van der Waals surface area contributed by atoms with Crippen LogP contribution in [-0.2, 0) is 4.79 Å². The van der Waals surface area contributed by atoms with E-state index in [0.717, 1.165) is 6.42 Å². The van der Waals surface area contributed by atoms with Gasteiger partial charge >= 0.3 is 0 Å². The Bertz CT molecular complexity index is 496. The maximum atomic E-state index is 12.1. The standard InChI is InChI=1S/C15H23N3O2/c1-5-9-15(2,16)14(20)17-12-8-6-7-11(10-12)13(19)18(3)4/h6-8,10H,5,9,16H2,1-4H3,(H,17,20). The number of hydrogen-bond donors (Lipinski definition) is 2. The molecule has 0 aromatic heterocycles. The van der Waals surface area contributed by atoms with Gasteiger partial charge in [-0.3, -0.25) is 9.59 Å². The first-order chi connectivity index (χ1) is 9.27. The highest BCUT2D eigenvalue weighted by molar-refractivity contribution is 5.99. The Hall–Kier alpha value is -1.88. The Kier molecular flexibility index (Phi) is 5.27. The highest BCUT2D eigenvalue weighted by Gasteiger charge is 2.27. The minimum atomic E-state index is -0.906. The lowest BCUT2D eigenvalue weighted by Crippen LogP contribution is -2.48. The number of nitrogens with two attached hydrogens (primary N) is 1. The van der Waals surface area contributed by atoms with Gasteiger partial charge in [0.25, 0.3) is 5.91 Å². The van der Waals surface area contributed by atoms with Crippen LogP contribution < -0.4 is 11.1 Å². The van der Waals surface area contributed by atoms with Gasteiger partial charge in [-0.25, -0.2) is 0 Å². The van der Waals surface area contributed by atoms with Gasteiger partial charge in [-0.1, -0.05) is 19.4 Å². The zero-order valence-corrected chi connectivity index (χ0v) is 12.6. The molecule has 20 heavy (non-hydrogen) atoms. The molecule has 0 saturated carbocycles. The van der Waals surface area contributed by atoms with Crippen LogP contribution in [0.2, 0.25) is 0 Å². The zero-order valence-electron chi connectivity index (χ0n) is 12.6. The summed E-state index contributed by atoms with van der Waals surface area (Å²) in [6, 6.07) is 6.85.